The van der Waals surface area contributed by atoms with Gasteiger partial charge in [0.05, 0.1) is 7.11 Å². The van der Waals surface area contributed by atoms with Gasteiger partial charge in [0, 0.05) is 10.0 Å². The zero-order valence-corrected chi connectivity index (χ0v) is 13.3. The van der Waals surface area contributed by atoms with Gasteiger partial charge in [-0.1, -0.05) is 15.9 Å². The van der Waals surface area contributed by atoms with Crippen LogP contribution in [0.3, 0.4) is 0 Å². The molecule has 4 aliphatic carbocycles. The molecule has 0 aliphatic heterocycles. The second-order valence-corrected chi connectivity index (χ2v) is 7.95. The van der Waals surface area contributed by atoms with Crippen molar-refractivity contribution in [2.45, 2.75) is 43.7 Å². The topological polar surface area (TPSA) is 9.23 Å². The predicted molar refractivity (Wildman–Crippen MR) is 80.8 cm³/mol. The van der Waals surface area contributed by atoms with Crippen molar-refractivity contribution >= 4 is 15.9 Å². The zero-order chi connectivity index (χ0) is 13.9. The molecule has 5 rings (SSSR count). The van der Waals surface area contributed by atoms with Crippen molar-refractivity contribution in [3.05, 3.63) is 28.2 Å². The SMILES string of the molecule is COc1ccc(Br)cc1C12CC3CC(C1)C(F)C(C3)C2. The van der Waals surface area contributed by atoms with Crippen molar-refractivity contribution in [3.8, 4) is 5.75 Å². The van der Waals surface area contributed by atoms with Gasteiger partial charge in [0.1, 0.15) is 11.9 Å². The molecule has 4 bridgehead atoms. The van der Waals surface area contributed by atoms with Gasteiger partial charge >= 0.3 is 0 Å². The molecule has 0 saturated heterocycles. The number of rotatable bonds is 2. The lowest BCUT2D eigenvalue weighted by molar-refractivity contribution is -0.0700. The molecule has 108 valence electrons. The first-order valence-electron chi connectivity index (χ1n) is 7.59. The van der Waals surface area contributed by atoms with E-state index >= 15 is 0 Å². The van der Waals surface area contributed by atoms with Gasteiger partial charge in [-0.05, 0) is 73.5 Å². The summed E-state index contributed by atoms with van der Waals surface area (Å²) in [6, 6.07) is 6.28. The normalized spacial score (nSPS) is 42.0. The highest BCUT2D eigenvalue weighted by Gasteiger charge is 2.56. The Kier molecular flexibility index (Phi) is 2.93. The molecule has 4 saturated carbocycles. The molecule has 0 spiro atoms. The van der Waals surface area contributed by atoms with E-state index in [-0.39, 0.29) is 17.3 Å². The molecule has 0 heterocycles. The van der Waals surface area contributed by atoms with Crippen molar-refractivity contribution in [2.24, 2.45) is 17.8 Å². The van der Waals surface area contributed by atoms with Gasteiger partial charge < -0.3 is 4.74 Å². The van der Waals surface area contributed by atoms with Gasteiger partial charge in [-0.15, -0.1) is 0 Å². The molecule has 1 aromatic rings. The average molecular weight is 339 g/mol. The molecule has 1 nitrogen and oxygen atoms in total. The van der Waals surface area contributed by atoms with Crippen molar-refractivity contribution < 1.29 is 9.13 Å². The van der Waals surface area contributed by atoms with E-state index in [4.69, 9.17) is 4.74 Å². The first-order chi connectivity index (χ1) is 9.61. The van der Waals surface area contributed by atoms with Crippen molar-refractivity contribution in [1.29, 1.82) is 0 Å². The second-order valence-electron chi connectivity index (χ2n) is 7.04. The zero-order valence-electron chi connectivity index (χ0n) is 11.7. The summed E-state index contributed by atoms with van der Waals surface area (Å²) in [6.07, 6.45) is 4.89. The van der Waals surface area contributed by atoms with Crippen LogP contribution in [0, 0.1) is 17.8 Å². The van der Waals surface area contributed by atoms with E-state index in [0.29, 0.717) is 0 Å². The summed E-state index contributed by atoms with van der Waals surface area (Å²) in [5, 5.41) is 0. The Morgan fingerprint density at radius 1 is 1.20 bits per heavy atom. The Labute approximate surface area is 128 Å². The molecule has 2 atom stereocenters. The predicted octanol–water partition coefficient (Wildman–Crippen LogP) is 4.87. The molecule has 4 aliphatic rings. The van der Waals surface area contributed by atoms with E-state index in [9.17, 15) is 4.39 Å². The fraction of sp³-hybridized carbons (Fsp3) is 0.647. The summed E-state index contributed by atoms with van der Waals surface area (Å²) in [6.45, 7) is 0. The average Bonchev–Trinajstić information content (AvgIpc) is 2.43. The first kappa shape index (κ1) is 13.1. The van der Waals surface area contributed by atoms with E-state index in [1.165, 1.54) is 12.0 Å². The summed E-state index contributed by atoms with van der Waals surface area (Å²) < 4.78 is 21.1. The van der Waals surface area contributed by atoms with Crippen LogP contribution in [0.25, 0.3) is 0 Å². The van der Waals surface area contributed by atoms with Crippen LogP contribution >= 0.6 is 15.9 Å². The molecular formula is C17H20BrFO. The van der Waals surface area contributed by atoms with Crippen LogP contribution in [0.15, 0.2) is 22.7 Å². The Morgan fingerprint density at radius 2 is 1.90 bits per heavy atom. The molecule has 0 amide bonds. The molecule has 0 N–H and O–H groups in total. The minimum Gasteiger partial charge on any atom is -0.496 e. The highest BCUT2D eigenvalue weighted by molar-refractivity contribution is 9.10. The van der Waals surface area contributed by atoms with Crippen molar-refractivity contribution in [2.75, 3.05) is 7.11 Å². The molecule has 2 unspecified atom stereocenters. The first-order valence-corrected chi connectivity index (χ1v) is 8.39. The molecule has 0 radical (unpaired) electrons. The third kappa shape index (κ3) is 1.78. The van der Waals surface area contributed by atoms with E-state index in [1.54, 1.807) is 7.11 Å². The van der Waals surface area contributed by atoms with Crippen LogP contribution in [0.1, 0.15) is 37.7 Å². The number of alkyl halides is 1. The van der Waals surface area contributed by atoms with E-state index in [1.807, 2.05) is 12.1 Å². The Balaban J connectivity index is 1.80. The molecule has 4 fully saturated rings. The lowest BCUT2D eigenvalue weighted by atomic mass is 9.47. The summed E-state index contributed by atoms with van der Waals surface area (Å²) >= 11 is 3.59. The third-order valence-electron chi connectivity index (χ3n) is 5.89. The van der Waals surface area contributed by atoms with Crippen molar-refractivity contribution in [3.63, 3.8) is 0 Å². The second kappa shape index (κ2) is 4.46. The monoisotopic (exact) mass is 338 g/mol. The highest BCUT2D eigenvalue weighted by atomic mass is 79.9. The maximum atomic E-state index is 14.4. The number of hydrogen-bond acceptors (Lipinski definition) is 1. The quantitative estimate of drug-likeness (QED) is 0.747. The van der Waals surface area contributed by atoms with Gasteiger partial charge in [-0.3, -0.25) is 0 Å². The lowest BCUT2D eigenvalue weighted by Crippen LogP contribution is -2.54. The van der Waals surface area contributed by atoms with Gasteiger partial charge in [0.2, 0.25) is 0 Å². The minimum absolute atomic E-state index is 0.161. The van der Waals surface area contributed by atoms with Gasteiger partial charge in [-0.2, -0.15) is 0 Å². The van der Waals surface area contributed by atoms with Crippen LogP contribution in [0.2, 0.25) is 0 Å². The minimum atomic E-state index is -0.558. The van der Waals surface area contributed by atoms with E-state index < -0.39 is 6.17 Å². The lowest BCUT2D eigenvalue weighted by Gasteiger charge is -2.58. The fourth-order valence-corrected chi connectivity index (χ4v) is 5.75. The Bertz CT molecular complexity index is 528. The number of halogens is 2. The van der Waals surface area contributed by atoms with Crippen LogP contribution in [-0.2, 0) is 5.41 Å². The fourth-order valence-electron chi connectivity index (χ4n) is 5.39. The van der Waals surface area contributed by atoms with Gasteiger partial charge in [-0.25, -0.2) is 4.39 Å². The van der Waals surface area contributed by atoms with Crippen LogP contribution in [-0.4, -0.2) is 13.3 Å². The van der Waals surface area contributed by atoms with E-state index in [2.05, 4.69) is 22.0 Å². The summed E-state index contributed by atoms with van der Waals surface area (Å²) in [7, 11) is 1.74. The maximum absolute atomic E-state index is 14.4. The summed E-state index contributed by atoms with van der Waals surface area (Å²) in [5.41, 5.74) is 1.47. The Morgan fingerprint density at radius 3 is 2.55 bits per heavy atom. The standard InChI is InChI=1S/C17H20BrFO/c1-20-15-3-2-13(18)6-14(15)17-7-10-4-11(8-17)16(19)12(5-10)9-17/h2-3,6,10-12,16H,4-5,7-9H2,1H3. The smallest absolute Gasteiger partial charge is 0.122 e. The summed E-state index contributed by atoms with van der Waals surface area (Å²) in [4.78, 5) is 0. The number of methoxy groups -OCH3 is 1. The third-order valence-corrected chi connectivity index (χ3v) is 6.38. The van der Waals surface area contributed by atoms with Crippen LogP contribution in [0.4, 0.5) is 4.39 Å². The van der Waals surface area contributed by atoms with Crippen LogP contribution < -0.4 is 4.74 Å². The van der Waals surface area contributed by atoms with E-state index in [0.717, 1.165) is 41.8 Å². The molecule has 3 heteroatoms. The van der Waals surface area contributed by atoms with Crippen LogP contribution in [0.5, 0.6) is 5.75 Å². The number of benzene rings is 1. The van der Waals surface area contributed by atoms with Crippen molar-refractivity contribution in [1.82, 2.24) is 0 Å². The molecular weight excluding hydrogens is 319 g/mol. The molecule has 1 aromatic carbocycles. The highest BCUT2D eigenvalue weighted by Crippen LogP contribution is 2.62. The molecule has 20 heavy (non-hydrogen) atoms. The molecule has 0 aromatic heterocycles. The maximum Gasteiger partial charge on any atom is 0.122 e. The summed E-state index contributed by atoms with van der Waals surface area (Å²) in [5.74, 6) is 2.27. The largest absolute Gasteiger partial charge is 0.496 e. The van der Waals surface area contributed by atoms with Gasteiger partial charge in [0.25, 0.3) is 0 Å². The Hall–Kier alpha value is -0.570. The number of ether oxygens (including phenoxy) is 1. The number of hydrogen-bond donors (Lipinski definition) is 0. The van der Waals surface area contributed by atoms with Gasteiger partial charge in [0.15, 0.2) is 0 Å².